The number of carboxylic acid groups (broad SMARTS) is 1. The summed E-state index contributed by atoms with van der Waals surface area (Å²) < 4.78 is 27.9. The first-order valence-electron chi connectivity index (χ1n) is 7.20. The predicted molar refractivity (Wildman–Crippen MR) is 92.4 cm³/mol. The molecule has 0 bridgehead atoms. The molecule has 8 heteroatoms. The van der Waals surface area contributed by atoms with Gasteiger partial charge >= 0.3 is 5.97 Å². The van der Waals surface area contributed by atoms with Crippen molar-refractivity contribution in [1.82, 2.24) is 4.31 Å². The monoisotopic (exact) mass is 366 g/mol. The number of sulfonamides is 1. The van der Waals surface area contributed by atoms with Gasteiger partial charge in [-0.3, -0.25) is 4.79 Å². The van der Waals surface area contributed by atoms with E-state index < -0.39 is 28.0 Å². The van der Waals surface area contributed by atoms with Crippen LogP contribution in [0, 0.1) is 16.7 Å². The van der Waals surface area contributed by atoms with Gasteiger partial charge in [0.2, 0.25) is 10.0 Å². The minimum Gasteiger partial charge on any atom is -0.480 e. The van der Waals surface area contributed by atoms with Gasteiger partial charge in [-0.05, 0) is 11.5 Å². The number of fused-ring (bicyclic) bond motifs is 1. The largest absolute Gasteiger partial charge is 0.480 e. The van der Waals surface area contributed by atoms with Crippen molar-refractivity contribution in [1.29, 1.82) is 5.26 Å². The minimum absolute atomic E-state index is 0.0384. The molecule has 1 N–H and O–H groups in total. The number of aliphatic carboxylic acids is 1. The van der Waals surface area contributed by atoms with Crippen molar-refractivity contribution in [2.75, 3.05) is 13.1 Å². The van der Waals surface area contributed by atoms with Crippen molar-refractivity contribution < 1.29 is 18.3 Å². The molecule has 0 aliphatic rings. The van der Waals surface area contributed by atoms with Crippen LogP contribution < -0.4 is 0 Å². The van der Waals surface area contributed by atoms with Gasteiger partial charge in [0.25, 0.3) is 0 Å². The van der Waals surface area contributed by atoms with Crippen molar-refractivity contribution in [2.45, 2.75) is 25.7 Å². The maximum atomic E-state index is 13.1. The summed E-state index contributed by atoms with van der Waals surface area (Å²) in [6, 6.07) is 8.76. The van der Waals surface area contributed by atoms with Crippen molar-refractivity contribution >= 4 is 37.4 Å². The first-order valence-corrected chi connectivity index (χ1v) is 9.45. The van der Waals surface area contributed by atoms with Gasteiger partial charge in [0.15, 0.2) is 0 Å². The number of nitrogens with zero attached hydrogens (tertiary/aromatic N) is 2. The summed E-state index contributed by atoms with van der Waals surface area (Å²) in [5.74, 6) is -1.24. The van der Waals surface area contributed by atoms with Crippen LogP contribution in [0.2, 0.25) is 0 Å². The standard InChI is InChI=1S/C16H18N2O4S2/c1-16(2,3)10-18(9-14(19)20)24(21,22)15-11-6-4-5-7-12(11)23-13(15)8-17/h4-7H,9-10H2,1-3H3,(H,19,20). The van der Waals surface area contributed by atoms with Crippen LogP contribution in [0.1, 0.15) is 25.6 Å². The maximum Gasteiger partial charge on any atom is 0.318 e. The van der Waals surface area contributed by atoms with Gasteiger partial charge in [-0.15, -0.1) is 11.3 Å². The molecule has 1 aromatic carbocycles. The Morgan fingerprint density at radius 2 is 1.96 bits per heavy atom. The van der Waals surface area contributed by atoms with Crippen LogP contribution in [0.4, 0.5) is 0 Å². The molecule has 6 nitrogen and oxygen atoms in total. The Morgan fingerprint density at radius 1 is 1.33 bits per heavy atom. The van der Waals surface area contributed by atoms with Gasteiger partial charge in [-0.1, -0.05) is 39.0 Å². The topological polar surface area (TPSA) is 98.5 Å². The Kier molecular flexibility index (Phi) is 4.99. The van der Waals surface area contributed by atoms with Gasteiger partial charge in [0, 0.05) is 16.6 Å². The molecule has 1 aromatic heterocycles. The van der Waals surface area contributed by atoms with Gasteiger partial charge in [0.1, 0.15) is 22.4 Å². The van der Waals surface area contributed by atoms with Crippen molar-refractivity contribution in [2.24, 2.45) is 5.41 Å². The molecule has 0 radical (unpaired) electrons. The molecule has 2 rings (SSSR count). The van der Waals surface area contributed by atoms with Crippen LogP contribution in [-0.4, -0.2) is 36.9 Å². The highest BCUT2D eigenvalue weighted by atomic mass is 32.2. The van der Waals surface area contributed by atoms with E-state index in [0.717, 1.165) is 15.6 Å². The highest BCUT2D eigenvalue weighted by Crippen LogP contribution is 2.36. The van der Waals surface area contributed by atoms with E-state index >= 15 is 0 Å². The summed E-state index contributed by atoms with van der Waals surface area (Å²) in [5.41, 5.74) is -0.429. The number of hydrogen-bond donors (Lipinski definition) is 1. The van der Waals surface area contributed by atoms with E-state index in [1.807, 2.05) is 26.8 Å². The van der Waals surface area contributed by atoms with Crippen LogP contribution in [0.25, 0.3) is 10.1 Å². The molecule has 1 heterocycles. The highest BCUT2D eigenvalue weighted by molar-refractivity contribution is 7.89. The molecule has 0 fully saturated rings. The molecular formula is C16H18N2O4S2. The van der Waals surface area contributed by atoms with E-state index in [0.29, 0.717) is 10.1 Å². The number of thiophene rings is 1. The van der Waals surface area contributed by atoms with Crippen molar-refractivity contribution in [3.8, 4) is 6.07 Å². The molecule has 0 atom stereocenters. The lowest BCUT2D eigenvalue weighted by molar-refractivity contribution is -0.137. The normalized spacial score (nSPS) is 12.5. The molecule has 0 saturated carbocycles. The number of rotatable bonds is 5. The zero-order valence-electron chi connectivity index (χ0n) is 13.6. The van der Waals surface area contributed by atoms with Crippen molar-refractivity contribution in [3.05, 3.63) is 29.1 Å². The third kappa shape index (κ3) is 3.75. The highest BCUT2D eigenvalue weighted by Gasteiger charge is 2.34. The maximum absolute atomic E-state index is 13.1. The fourth-order valence-corrected chi connectivity index (χ4v) is 5.62. The second-order valence-corrected chi connectivity index (χ2v) is 9.52. The summed E-state index contributed by atoms with van der Waals surface area (Å²) in [5, 5.41) is 18.9. The lowest BCUT2D eigenvalue weighted by Crippen LogP contribution is -2.41. The lowest BCUT2D eigenvalue weighted by Gasteiger charge is -2.28. The Balaban J connectivity index is 2.67. The first kappa shape index (κ1) is 18.4. The molecule has 0 spiro atoms. The van der Waals surface area contributed by atoms with Crippen LogP contribution >= 0.6 is 11.3 Å². The molecule has 0 amide bonds. The summed E-state index contributed by atoms with van der Waals surface area (Å²) in [7, 11) is -4.11. The first-order chi connectivity index (χ1) is 11.1. The lowest BCUT2D eigenvalue weighted by atomic mass is 9.97. The zero-order valence-corrected chi connectivity index (χ0v) is 15.2. The Morgan fingerprint density at radius 3 is 2.50 bits per heavy atom. The van der Waals surface area contributed by atoms with Crippen LogP contribution in [-0.2, 0) is 14.8 Å². The summed E-state index contributed by atoms with van der Waals surface area (Å²) in [6.07, 6.45) is 0. The summed E-state index contributed by atoms with van der Waals surface area (Å²) >= 11 is 1.09. The Labute approximate surface area is 145 Å². The summed E-state index contributed by atoms with van der Waals surface area (Å²) in [4.78, 5) is 11.1. The number of carboxylic acids is 1. The second-order valence-electron chi connectivity index (χ2n) is 6.60. The Bertz CT molecular complexity index is 918. The van der Waals surface area contributed by atoms with Crippen LogP contribution in [0.15, 0.2) is 29.2 Å². The van der Waals surface area contributed by atoms with E-state index in [2.05, 4.69) is 0 Å². The Hall–Kier alpha value is -1.95. The van der Waals surface area contributed by atoms with Crippen molar-refractivity contribution in [3.63, 3.8) is 0 Å². The molecule has 24 heavy (non-hydrogen) atoms. The molecule has 2 aromatic rings. The zero-order chi connectivity index (χ0) is 18.1. The average molecular weight is 366 g/mol. The summed E-state index contributed by atoms with van der Waals surface area (Å²) in [6.45, 7) is 4.88. The minimum atomic E-state index is -4.11. The second kappa shape index (κ2) is 6.51. The molecule has 128 valence electrons. The molecule has 0 unspecified atom stereocenters. The van der Waals surface area contributed by atoms with E-state index in [9.17, 15) is 18.5 Å². The van der Waals surface area contributed by atoms with E-state index in [1.165, 1.54) is 0 Å². The third-order valence-corrected chi connectivity index (χ3v) is 6.29. The van der Waals surface area contributed by atoms with Crippen LogP contribution in [0.5, 0.6) is 0 Å². The molecule has 0 aliphatic heterocycles. The molecular weight excluding hydrogens is 348 g/mol. The van der Waals surface area contributed by atoms with E-state index in [4.69, 9.17) is 5.11 Å². The fourth-order valence-electron chi connectivity index (χ4n) is 2.39. The van der Waals surface area contributed by atoms with Gasteiger partial charge in [0.05, 0.1) is 0 Å². The van der Waals surface area contributed by atoms with Gasteiger partial charge in [-0.2, -0.15) is 9.57 Å². The average Bonchev–Trinajstić information content (AvgIpc) is 2.83. The number of hydrogen-bond acceptors (Lipinski definition) is 5. The predicted octanol–water partition coefficient (Wildman–Crippen LogP) is 2.89. The van der Waals surface area contributed by atoms with Crippen LogP contribution in [0.3, 0.4) is 0 Å². The van der Waals surface area contributed by atoms with Gasteiger partial charge in [-0.25, -0.2) is 8.42 Å². The van der Waals surface area contributed by atoms with E-state index in [-0.39, 0.29) is 16.3 Å². The van der Waals surface area contributed by atoms with Gasteiger partial charge < -0.3 is 5.11 Å². The SMILES string of the molecule is CC(C)(C)CN(CC(=O)O)S(=O)(=O)c1c(C#N)sc2ccccc12. The number of carbonyl (C=O) groups is 1. The number of benzene rings is 1. The fraction of sp³-hybridized carbons (Fsp3) is 0.375. The third-order valence-electron chi connectivity index (χ3n) is 3.21. The van der Waals surface area contributed by atoms with E-state index in [1.54, 1.807) is 24.3 Å². The molecule has 0 aliphatic carbocycles. The smallest absolute Gasteiger partial charge is 0.318 e. The molecule has 0 saturated heterocycles. The quantitative estimate of drug-likeness (QED) is 0.877. The number of nitriles is 1.